The number of rotatable bonds is 3. The molecule has 1 fully saturated rings. The van der Waals surface area contributed by atoms with E-state index in [0.717, 1.165) is 26.7 Å². The molecular formula is C20H19N3O2S. The molecular weight excluding hydrogens is 346 g/mol. The molecule has 132 valence electrons. The van der Waals surface area contributed by atoms with Gasteiger partial charge in [-0.25, -0.2) is 0 Å². The van der Waals surface area contributed by atoms with Crippen LogP contribution in [0.3, 0.4) is 0 Å². The summed E-state index contributed by atoms with van der Waals surface area (Å²) in [6, 6.07) is 15.7. The largest absolute Gasteiger partial charge is 0.391 e. The number of aryl methyl sites for hydroxylation is 1. The Morgan fingerprint density at radius 3 is 2.46 bits per heavy atom. The Bertz CT molecular complexity index is 936. The van der Waals surface area contributed by atoms with Crippen molar-refractivity contribution in [3.05, 3.63) is 59.1 Å². The second-order valence-electron chi connectivity index (χ2n) is 6.44. The van der Waals surface area contributed by atoms with Crippen LogP contribution in [0.1, 0.15) is 21.8 Å². The lowest BCUT2D eigenvalue weighted by atomic mass is 9.99. The lowest BCUT2D eigenvalue weighted by molar-refractivity contribution is 0.0765. The van der Waals surface area contributed by atoms with Gasteiger partial charge >= 0.3 is 0 Å². The number of amides is 1. The third-order valence-corrected chi connectivity index (χ3v) is 5.45. The smallest absolute Gasteiger partial charge is 0.253 e. The molecule has 0 radical (unpaired) electrons. The van der Waals surface area contributed by atoms with Crippen LogP contribution in [-0.2, 0) is 0 Å². The van der Waals surface area contributed by atoms with E-state index >= 15 is 0 Å². The van der Waals surface area contributed by atoms with Crippen molar-refractivity contribution in [2.75, 3.05) is 13.1 Å². The van der Waals surface area contributed by atoms with Crippen molar-refractivity contribution >= 4 is 17.2 Å². The lowest BCUT2D eigenvalue weighted by Crippen LogP contribution is -2.29. The Morgan fingerprint density at radius 2 is 1.85 bits per heavy atom. The normalized spacial score (nSPS) is 16.8. The Balaban J connectivity index is 1.63. The van der Waals surface area contributed by atoms with Crippen LogP contribution in [-0.4, -0.2) is 45.3 Å². The average molecular weight is 365 g/mol. The SMILES string of the molecule is Cc1nnc(-c2ccccc2-c2ccc(C(=O)N3CCC(O)C3)cc2)s1. The van der Waals surface area contributed by atoms with Gasteiger partial charge in [0.15, 0.2) is 0 Å². The molecule has 1 unspecified atom stereocenters. The fourth-order valence-electron chi connectivity index (χ4n) is 3.23. The summed E-state index contributed by atoms with van der Waals surface area (Å²) >= 11 is 1.57. The zero-order valence-corrected chi connectivity index (χ0v) is 15.2. The molecule has 3 aromatic rings. The molecule has 0 spiro atoms. The van der Waals surface area contributed by atoms with Gasteiger partial charge in [0, 0.05) is 24.2 Å². The zero-order valence-electron chi connectivity index (χ0n) is 14.4. The molecule has 5 nitrogen and oxygen atoms in total. The third-order valence-electron chi connectivity index (χ3n) is 4.58. The van der Waals surface area contributed by atoms with E-state index < -0.39 is 6.10 Å². The predicted molar refractivity (Wildman–Crippen MR) is 102 cm³/mol. The van der Waals surface area contributed by atoms with Crippen LogP contribution in [0.25, 0.3) is 21.7 Å². The standard InChI is InChI=1S/C20H19N3O2S/c1-13-21-22-19(26-13)18-5-3-2-4-17(18)14-6-8-15(9-7-14)20(25)23-11-10-16(24)12-23/h2-9,16,24H,10-12H2,1H3. The quantitative estimate of drug-likeness (QED) is 0.773. The Hall–Kier alpha value is -2.57. The Morgan fingerprint density at radius 1 is 1.12 bits per heavy atom. The highest BCUT2D eigenvalue weighted by Gasteiger charge is 2.25. The fraction of sp³-hybridized carbons (Fsp3) is 0.250. The number of aliphatic hydroxyl groups excluding tert-OH is 1. The van der Waals surface area contributed by atoms with Crippen LogP contribution in [0, 0.1) is 6.92 Å². The summed E-state index contributed by atoms with van der Waals surface area (Å²) in [4.78, 5) is 14.2. The van der Waals surface area contributed by atoms with Crippen molar-refractivity contribution < 1.29 is 9.90 Å². The maximum absolute atomic E-state index is 12.5. The second kappa shape index (κ2) is 6.97. The number of hydrogen-bond donors (Lipinski definition) is 1. The minimum atomic E-state index is -0.402. The van der Waals surface area contributed by atoms with E-state index in [1.165, 1.54) is 0 Å². The van der Waals surface area contributed by atoms with Crippen molar-refractivity contribution in [3.63, 3.8) is 0 Å². The van der Waals surface area contributed by atoms with Gasteiger partial charge in [-0.2, -0.15) is 0 Å². The molecule has 26 heavy (non-hydrogen) atoms. The van der Waals surface area contributed by atoms with E-state index in [0.29, 0.717) is 25.1 Å². The number of nitrogens with zero attached hydrogens (tertiary/aromatic N) is 3. The van der Waals surface area contributed by atoms with Gasteiger partial charge < -0.3 is 10.0 Å². The molecule has 0 bridgehead atoms. The van der Waals surface area contributed by atoms with Gasteiger partial charge in [0.2, 0.25) is 0 Å². The van der Waals surface area contributed by atoms with E-state index in [9.17, 15) is 9.90 Å². The summed E-state index contributed by atoms with van der Waals surface area (Å²) in [5.41, 5.74) is 3.79. The molecule has 1 aliphatic rings. The molecule has 1 N–H and O–H groups in total. The van der Waals surface area contributed by atoms with Crippen molar-refractivity contribution in [2.24, 2.45) is 0 Å². The molecule has 2 heterocycles. The summed E-state index contributed by atoms with van der Waals surface area (Å²) in [7, 11) is 0. The molecule has 6 heteroatoms. The van der Waals surface area contributed by atoms with Gasteiger partial charge in [-0.05, 0) is 36.6 Å². The number of aromatic nitrogens is 2. The zero-order chi connectivity index (χ0) is 18.1. The summed E-state index contributed by atoms with van der Waals surface area (Å²) in [6.45, 7) is 2.97. The van der Waals surface area contributed by atoms with Crippen molar-refractivity contribution in [3.8, 4) is 21.7 Å². The Labute approximate surface area is 155 Å². The molecule has 1 aliphatic heterocycles. The summed E-state index contributed by atoms with van der Waals surface area (Å²) in [6.07, 6.45) is 0.249. The summed E-state index contributed by atoms with van der Waals surface area (Å²) < 4.78 is 0. The first kappa shape index (κ1) is 16.9. The second-order valence-corrected chi connectivity index (χ2v) is 7.62. The number of likely N-dealkylation sites (tertiary alicyclic amines) is 1. The highest BCUT2D eigenvalue weighted by molar-refractivity contribution is 7.14. The van der Waals surface area contributed by atoms with Crippen molar-refractivity contribution in [1.82, 2.24) is 15.1 Å². The number of aliphatic hydroxyl groups is 1. The van der Waals surface area contributed by atoms with E-state index in [2.05, 4.69) is 16.3 Å². The van der Waals surface area contributed by atoms with E-state index in [-0.39, 0.29) is 5.91 Å². The maximum atomic E-state index is 12.5. The highest BCUT2D eigenvalue weighted by atomic mass is 32.1. The van der Waals surface area contributed by atoms with Gasteiger partial charge in [0.25, 0.3) is 5.91 Å². The molecule has 2 aromatic carbocycles. The molecule has 1 amide bonds. The number of carbonyl (C=O) groups excluding carboxylic acids is 1. The van der Waals surface area contributed by atoms with Crippen LogP contribution in [0.4, 0.5) is 0 Å². The first-order valence-electron chi connectivity index (χ1n) is 8.59. The van der Waals surface area contributed by atoms with Gasteiger partial charge in [0.05, 0.1) is 6.10 Å². The molecule has 1 saturated heterocycles. The van der Waals surface area contributed by atoms with Gasteiger partial charge in [-0.1, -0.05) is 47.7 Å². The Kier molecular flexibility index (Phi) is 4.53. The first-order chi connectivity index (χ1) is 12.6. The lowest BCUT2D eigenvalue weighted by Gasteiger charge is -2.16. The summed E-state index contributed by atoms with van der Waals surface area (Å²) in [5.74, 6) is -0.0267. The minimum absolute atomic E-state index is 0.0267. The predicted octanol–water partition coefficient (Wildman–Crippen LogP) is 3.39. The third kappa shape index (κ3) is 3.25. The molecule has 1 atom stereocenters. The van der Waals surface area contributed by atoms with Crippen LogP contribution >= 0.6 is 11.3 Å². The molecule has 4 rings (SSSR count). The van der Waals surface area contributed by atoms with E-state index in [4.69, 9.17) is 0 Å². The topological polar surface area (TPSA) is 66.3 Å². The molecule has 0 aliphatic carbocycles. The van der Waals surface area contributed by atoms with Gasteiger partial charge in [-0.3, -0.25) is 4.79 Å². The fourth-order valence-corrected chi connectivity index (χ4v) is 3.96. The number of β-amino-alcohol motifs (C(OH)–C–C–N with tert-alkyl or cyclic N) is 1. The van der Waals surface area contributed by atoms with Crippen molar-refractivity contribution in [1.29, 1.82) is 0 Å². The number of benzene rings is 2. The molecule has 0 saturated carbocycles. The summed E-state index contributed by atoms with van der Waals surface area (Å²) in [5, 5.41) is 19.8. The van der Waals surface area contributed by atoms with E-state index in [1.807, 2.05) is 49.4 Å². The monoisotopic (exact) mass is 365 g/mol. The van der Waals surface area contributed by atoms with Crippen LogP contribution in [0.15, 0.2) is 48.5 Å². The minimum Gasteiger partial charge on any atom is -0.391 e. The first-order valence-corrected chi connectivity index (χ1v) is 9.41. The number of carbonyl (C=O) groups is 1. The number of hydrogen-bond acceptors (Lipinski definition) is 5. The van der Waals surface area contributed by atoms with Crippen LogP contribution in [0.5, 0.6) is 0 Å². The van der Waals surface area contributed by atoms with Gasteiger partial charge in [-0.15, -0.1) is 10.2 Å². The van der Waals surface area contributed by atoms with Gasteiger partial charge in [0.1, 0.15) is 10.0 Å². The van der Waals surface area contributed by atoms with E-state index in [1.54, 1.807) is 16.2 Å². The van der Waals surface area contributed by atoms with Crippen molar-refractivity contribution in [2.45, 2.75) is 19.4 Å². The molecule has 1 aromatic heterocycles. The average Bonchev–Trinajstić information content (AvgIpc) is 3.30. The maximum Gasteiger partial charge on any atom is 0.253 e. The van der Waals surface area contributed by atoms with Crippen LogP contribution in [0.2, 0.25) is 0 Å². The highest BCUT2D eigenvalue weighted by Crippen LogP contribution is 2.33. The van der Waals surface area contributed by atoms with Crippen LogP contribution < -0.4 is 0 Å².